The van der Waals surface area contributed by atoms with Gasteiger partial charge in [0.15, 0.2) is 5.82 Å². The van der Waals surface area contributed by atoms with Gasteiger partial charge in [-0.25, -0.2) is 9.07 Å². The molecular formula is C13H18FN5. The van der Waals surface area contributed by atoms with E-state index < -0.39 is 0 Å². The fourth-order valence-electron chi connectivity index (χ4n) is 1.71. The minimum Gasteiger partial charge on any atom is -0.308 e. The highest BCUT2D eigenvalue weighted by molar-refractivity contribution is 5.15. The number of rotatable bonds is 6. The summed E-state index contributed by atoms with van der Waals surface area (Å²) in [5.74, 6) is 0.601. The van der Waals surface area contributed by atoms with Crippen molar-refractivity contribution < 1.29 is 4.39 Å². The fourth-order valence-corrected chi connectivity index (χ4v) is 1.71. The van der Waals surface area contributed by atoms with Gasteiger partial charge in [-0.1, -0.05) is 26.0 Å². The van der Waals surface area contributed by atoms with Crippen molar-refractivity contribution in [2.45, 2.75) is 39.4 Å². The van der Waals surface area contributed by atoms with Crippen molar-refractivity contribution in [1.82, 2.24) is 25.5 Å². The van der Waals surface area contributed by atoms with Crippen molar-refractivity contribution in [3.8, 4) is 0 Å². The number of hydrogen-bond donors (Lipinski definition) is 1. The number of nitrogens with zero attached hydrogens (tertiary/aromatic N) is 4. The zero-order chi connectivity index (χ0) is 13.7. The largest absolute Gasteiger partial charge is 0.308 e. The summed E-state index contributed by atoms with van der Waals surface area (Å²) < 4.78 is 14.6. The third kappa shape index (κ3) is 4.10. The van der Waals surface area contributed by atoms with E-state index in [2.05, 4.69) is 34.7 Å². The average molecular weight is 263 g/mol. The van der Waals surface area contributed by atoms with E-state index in [0.29, 0.717) is 19.1 Å². The molecule has 0 aliphatic heterocycles. The SMILES string of the molecule is CC(C)NCc1nnnn1CCc1ccc(F)cc1. The maximum Gasteiger partial charge on any atom is 0.165 e. The molecule has 0 aliphatic carbocycles. The summed E-state index contributed by atoms with van der Waals surface area (Å²) in [5.41, 5.74) is 1.07. The van der Waals surface area contributed by atoms with Crippen molar-refractivity contribution in [2.75, 3.05) is 0 Å². The van der Waals surface area contributed by atoms with E-state index in [0.717, 1.165) is 17.8 Å². The van der Waals surface area contributed by atoms with Crippen LogP contribution in [0.1, 0.15) is 25.2 Å². The molecule has 1 aromatic carbocycles. The summed E-state index contributed by atoms with van der Waals surface area (Å²) in [4.78, 5) is 0. The van der Waals surface area contributed by atoms with Gasteiger partial charge in [-0.15, -0.1) is 5.10 Å². The Balaban J connectivity index is 1.92. The molecule has 2 rings (SSSR count). The summed E-state index contributed by atoms with van der Waals surface area (Å²) in [7, 11) is 0. The molecular weight excluding hydrogens is 245 g/mol. The van der Waals surface area contributed by atoms with Crippen LogP contribution in [0.2, 0.25) is 0 Å². The number of nitrogens with one attached hydrogen (secondary N) is 1. The molecule has 0 saturated heterocycles. The highest BCUT2D eigenvalue weighted by Gasteiger charge is 2.06. The number of hydrogen-bond acceptors (Lipinski definition) is 4. The molecule has 1 N–H and O–H groups in total. The van der Waals surface area contributed by atoms with Gasteiger partial charge in [0.2, 0.25) is 0 Å². The van der Waals surface area contributed by atoms with E-state index in [9.17, 15) is 4.39 Å². The van der Waals surface area contributed by atoms with Gasteiger partial charge in [-0.05, 0) is 34.5 Å². The Morgan fingerprint density at radius 3 is 2.68 bits per heavy atom. The van der Waals surface area contributed by atoms with Crippen LogP contribution in [0, 0.1) is 5.82 Å². The maximum absolute atomic E-state index is 12.8. The van der Waals surface area contributed by atoms with Crippen LogP contribution < -0.4 is 5.32 Å². The first-order valence-electron chi connectivity index (χ1n) is 6.38. The number of halogens is 1. The summed E-state index contributed by atoms with van der Waals surface area (Å²) in [5, 5.41) is 14.9. The standard InChI is InChI=1S/C13H18FN5/c1-10(2)15-9-13-16-17-18-19(13)8-7-11-3-5-12(14)6-4-11/h3-6,10,15H,7-9H2,1-2H3. The fraction of sp³-hybridized carbons (Fsp3) is 0.462. The van der Waals surface area contributed by atoms with Crippen molar-refractivity contribution in [1.29, 1.82) is 0 Å². The predicted octanol–water partition coefficient (Wildman–Crippen LogP) is 1.55. The minimum absolute atomic E-state index is 0.215. The quantitative estimate of drug-likeness (QED) is 0.859. The van der Waals surface area contributed by atoms with Gasteiger partial charge in [0, 0.05) is 12.6 Å². The van der Waals surface area contributed by atoms with E-state index in [1.165, 1.54) is 12.1 Å². The Bertz CT molecular complexity index is 506. The van der Waals surface area contributed by atoms with Gasteiger partial charge < -0.3 is 5.32 Å². The molecule has 5 nitrogen and oxygen atoms in total. The van der Waals surface area contributed by atoms with Gasteiger partial charge in [-0.2, -0.15) is 0 Å². The van der Waals surface area contributed by atoms with Crippen LogP contribution in [0.4, 0.5) is 4.39 Å². The Labute approximate surface area is 111 Å². The zero-order valence-electron chi connectivity index (χ0n) is 11.2. The predicted molar refractivity (Wildman–Crippen MR) is 69.9 cm³/mol. The van der Waals surface area contributed by atoms with Crippen LogP contribution in [0.5, 0.6) is 0 Å². The summed E-state index contributed by atoms with van der Waals surface area (Å²) in [6, 6.07) is 6.89. The van der Waals surface area contributed by atoms with E-state index >= 15 is 0 Å². The molecule has 0 saturated carbocycles. The van der Waals surface area contributed by atoms with E-state index in [-0.39, 0.29) is 5.82 Å². The molecule has 0 fully saturated rings. The monoisotopic (exact) mass is 263 g/mol. The summed E-state index contributed by atoms with van der Waals surface area (Å²) in [6.45, 7) is 5.49. The normalized spacial score (nSPS) is 11.2. The van der Waals surface area contributed by atoms with Gasteiger partial charge in [0.1, 0.15) is 5.82 Å². The lowest BCUT2D eigenvalue weighted by molar-refractivity contribution is 0.516. The van der Waals surface area contributed by atoms with E-state index in [1.54, 1.807) is 16.8 Å². The van der Waals surface area contributed by atoms with Gasteiger partial charge >= 0.3 is 0 Å². The molecule has 2 aromatic rings. The van der Waals surface area contributed by atoms with Crippen molar-refractivity contribution in [3.05, 3.63) is 41.5 Å². The number of tetrazole rings is 1. The van der Waals surface area contributed by atoms with Crippen LogP contribution >= 0.6 is 0 Å². The van der Waals surface area contributed by atoms with Crippen LogP contribution in [0.3, 0.4) is 0 Å². The molecule has 0 amide bonds. The van der Waals surface area contributed by atoms with Crippen LogP contribution in [0.15, 0.2) is 24.3 Å². The summed E-state index contributed by atoms with van der Waals surface area (Å²) in [6.07, 6.45) is 0.778. The molecule has 6 heteroatoms. The van der Waals surface area contributed by atoms with E-state index in [4.69, 9.17) is 0 Å². The van der Waals surface area contributed by atoms with Gasteiger partial charge in [0.25, 0.3) is 0 Å². The Morgan fingerprint density at radius 2 is 2.00 bits per heavy atom. The lowest BCUT2D eigenvalue weighted by Crippen LogP contribution is -2.24. The molecule has 102 valence electrons. The van der Waals surface area contributed by atoms with E-state index in [1.807, 2.05) is 0 Å². The van der Waals surface area contributed by atoms with Crippen molar-refractivity contribution in [3.63, 3.8) is 0 Å². The first kappa shape index (κ1) is 13.6. The summed E-state index contributed by atoms with van der Waals surface area (Å²) >= 11 is 0. The molecule has 0 atom stereocenters. The van der Waals surface area contributed by atoms with Gasteiger partial charge in [-0.3, -0.25) is 0 Å². The Hall–Kier alpha value is -1.82. The number of aromatic nitrogens is 4. The van der Waals surface area contributed by atoms with Gasteiger partial charge in [0.05, 0.1) is 6.54 Å². The first-order valence-corrected chi connectivity index (χ1v) is 6.38. The average Bonchev–Trinajstić information content (AvgIpc) is 2.83. The minimum atomic E-state index is -0.215. The molecule has 0 bridgehead atoms. The lowest BCUT2D eigenvalue weighted by atomic mass is 10.1. The topological polar surface area (TPSA) is 55.6 Å². The Morgan fingerprint density at radius 1 is 1.26 bits per heavy atom. The Kier molecular flexibility index (Phi) is 4.57. The smallest absolute Gasteiger partial charge is 0.165 e. The molecule has 0 aliphatic rings. The second-order valence-electron chi connectivity index (χ2n) is 4.73. The third-order valence-electron chi connectivity index (χ3n) is 2.80. The molecule has 1 heterocycles. The van der Waals surface area contributed by atoms with Crippen LogP contribution in [-0.4, -0.2) is 26.2 Å². The van der Waals surface area contributed by atoms with Crippen molar-refractivity contribution >= 4 is 0 Å². The molecule has 0 unspecified atom stereocenters. The highest BCUT2D eigenvalue weighted by atomic mass is 19.1. The van der Waals surface area contributed by atoms with Crippen LogP contribution in [-0.2, 0) is 19.5 Å². The first-order chi connectivity index (χ1) is 9.15. The molecule has 1 aromatic heterocycles. The highest BCUT2D eigenvalue weighted by Crippen LogP contribution is 2.05. The van der Waals surface area contributed by atoms with Crippen molar-refractivity contribution in [2.24, 2.45) is 0 Å². The number of benzene rings is 1. The second-order valence-corrected chi connectivity index (χ2v) is 4.73. The zero-order valence-corrected chi connectivity index (χ0v) is 11.2. The second kappa shape index (κ2) is 6.38. The molecule has 19 heavy (non-hydrogen) atoms. The third-order valence-corrected chi connectivity index (χ3v) is 2.80. The van der Waals surface area contributed by atoms with Crippen LogP contribution in [0.25, 0.3) is 0 Å². The number of aryl methyl sites for hydroxylation is 2. The molecule has 0 radical (unpaired) electrons. The lowest BCUT2D eigenvalue weighted by Gasteiger charge is -2.08. The molecule has 0 spiro atoms. The maximum atomic E-state index is 12.8.